The highest BCUT2D eigenvalue weighted by molar-refractivity contribution is 5.86. The van der Waals surface area contributed by atoms with Crippen LogP contribution in [0.2, 0.25) is 0 Å². The topological polar surface area (TPSA) is 54.4 Å². The van der Waals surface area contributed by atoms with E-state index in [-0.39, 0.29) is 11.7 Å². The van der Waals surface area contributed by atoms with Crippen LogP contribution in [0, 0.1) is 11.8 Å². The Morgan fingerprint density at radius 2 is 0.688 bits per heavy atom. The quantitative estimate of drug-likeness (QED) is 0.0520. The predicted octanol–water partition coefficient (Wildman–Crippen LogP) is 15.5. The van der Waals surface area contributed by atoms with Gasteiger partial charge in [0.25, 0.3) is 0 Å². The molecule has 0 aliphatic carbocycles. The Bertz CT molecular complexity index is 698. The fraction of sp³-hybridized carbons (Fsp3) is 0.911. The minimum atomic E-state index is -0.740. The van der Waals surface area contributed by atoms with Crippen LogP contribution in [0.1, 0.15) is 252 Å². The molecule has 0 aliphatic rings. The van der Waals surface area contributed by atoms with Crippen LogP contribution in [0.25, 0.3) is 0 Å². The van der Waals surface area contributed by atoms with Crippen LogP contribution < -0.4 is 0 Å². The average molecular weight is 675 g/mol. The fourth-order valence-corrected chi connectivity index (χ4v) is 7.34. The zero-order valence-corrected chi connectivity index (χ0v) is 33.0. The number of carbonyl (C=O) groups is 2. The highest BCUT2D eigenvalue weighted by Crippen LogP contribution is 2.29. The Kier molecular flexibility index (Phi) is 37.8. The normalized spacial score (nSPS) is 13.0. The molecule has 0 radical (unpaired) electrons. The molecular weight excluding hydrogens is 588 g/mol. The van der Waals surface area contributed by atoms with E-state index in [9.17, 15) is 14.7 Å². The number of unbranched alkanes of at least 4 members (excludes halogenated alkanes) is 29. The Labute approximate surface area is 301 Å². The molecule has 284 valence electrons. The highest BCUT2D eigenvalue weighted by Gasteiger charge is 2.32. The summed E-state index contributed by atoms with van der Waals surface area (Å²) in [5.41, 5.74) is 0. The Morgan fingerprint density at radius 1 is 0.396 bits per heavy atom. The number of aliphatic carboxylic acids is 1. The molecule has 0 amide bonds. The van der Waals surface area contributed by atoms with Crippen molar-refractivity contribution in [3.8, 4) is 0 Å². The number of rotatable bonds is 40. The predicted molar refractivity (Wildman–Crippen MR) is 212 cm³/mol. The molecule has 0 spiro atoms. The van der Waals surface area contributed by atoms with Gasteiger partial charge in [-0.2, -0.15) is 0 Å². The van der Waals surface area contributed by atoms with Crippen molar-refractivity contribution in [2.45, 2.75) is 252 Å². The first kappa shape index (κ1) is 46.9. The first-order valence-corrected chi connectivity index (χ1v) is 22.0. The molecule has 0 aromatic carbocycles. The molecule has 1 N–H and O–H groups in total. The summed E-state index contributed by atoms with van der Waals surface area (Å²) in [6.45, 7) is 6.80. The summed E-state index contributed by atoms with van der Waals surface area (Å²) in [6, 6.07) is 0. The summed E-state index contributed by atoms with van der Waals surface area (Å²) in [5, 5.41) is 10.2. The standard InChI is InChI=1S/C45H86O3/c1-4-7-10-13-16-19-21-23-25-26-28-31-34-37-40-43(45(47)48)42(39-36-33-30-18-15-12-9-6-3)44(46)41-38-35-32-29-27-24-22-20-17-14-11-8-5-2/h23,25,42-43H,4-22,24,26-41H2,1-3H3,(H,47,48)/b25-23-. The maximum absolute atomic E-state index is 13.5. The molecule has 0 fully saturated rings. The molecule has 3 nitrogen and oxygen atoms in total. The lowest BCUT2D eigenvalue weighted by Gasteiger charge is -2.23. The van der Waals surface area contributed by atoms with Crippen molar-refractivity contribution < 1.29 is 14.7 Å². The number of allylic oxidation sites excluding steroid dienone is 2. The van der Waals surface area contributed by atoms with E-state index in [4.69, 9.17) is 0 Å². The van der Waals surface area contributed by atoms with Crippen molar-refractivity contribution in [2.24, 2.45) is 11.8 Å². The van der Waals surface area contributed by atoms with Gasteiger partial charge in [-0.1, -0.05) is 213 Å². The average Bonchev–Trinajstić information content (AvgIpc) is 3.08. The molecular formula is C45H86O3. The van der Waals surface area contributed by atoms with E-state index in [1.54, 1.807) is 0 Å². The van der Waals surface area contributed by atoms with E-state index < -0.39 is 11.9 Å². The molecule has 3 heteroatoms. The van der Waals surface area contributed by atoms with Crippen LogP contribution in [-0.4, -0.2) is 16.9 Å². The molecule has 0 aromatic rings. The van der Waals surface area contributed by atoms with E-state index in [0.29, 0.717) is 12.8 Å². The molecule has 0 heterocycles. The molecule has 0 aliphatic heterocycles. The molecule has 0 aromatic heterocycles. The van der Waals surface area contributed by atoms with E-state index in [0.717, 1.165) is 57.8 Å². The Balaban J connectivity index is 4.46. The first-order chi connectivity index (χ1) is 23.6. The zero-order chi connectivity index (χ0) is 35.2. The largest absolute Gasteiger partial charge is 0.481 e. The summed E-state index contributed by atoms with van der Waals surface area (Å²) in [5.74, 6) is -1.29. The number of hydrogen-bond acceptors (Lipinski definition) is 2. The van der Waals surface area contributed by atoms with E-state index in [1.807, 2.05) is 0 Å². The summed E-state index contributed by atoms with van der Waals surface area (Å²) in [6.07, 6.45) is 48.3. The van der Waals surface area contributed by atoms with Crippen LogP contribution in [0.15, 0.2) is 12.2 Å². The molecule has 0 bridgehead atoms. The lowest BCUT2D eigenvalue weighted by atomic mass is 9.79. The summed E-state index contributed by atoms with van der Waals surface area (Å²) in [7, 11) is 0. The second-order valence-electron chi connectivity index (χ2n) is 15.3. The van der Waals surface area contributed by atoms with Crippen LogP contribution in [-0.2, 0) is 9.59 Å². The summed E-state index contributed by atoms with van der Waals surface area (Å²) >= 11 is 0. The second kappa shape index (κ2) is 38.7. The van der Waals surface area contributed by atoms with Crippen molar-refractivity contribution in [1.29, 1.82) is 0 Å². The minimum Gasteiger partial charge on any atom is -0.481 e. The van der Waals surface area contributed by atoms with Gasteiger partial charge >= 0.3 is 5.97 Å². The van der Waals surface area contributed by atoms with Crippen molar-refractivity contribution in [1.82, 2.24) is 0 Å². The third-order valence-corrected chi connectivity index (χ3v) is 10.6. The number of carbonyl (C=O) groups excluding carboxylic acids is 1. The van der Waals surface area contributed by atoms with Gasteiger partial charge in [0.15, 0.2) is 0 Å². The van der Waals surface area contributed by atoms with Crippen LogP contribution >= 0.6 is 0 Å². The molecule has 0 saturated heterocycles. The fourth-order valence-electron chi connectivity index (χ4n) is 7.34. The van der Waals surface area contributed by atoms with Gasteiger partial charge in [0.05, 0.1) is 5.92 Å². The van der Waals surface area contributed by atoms with Gasteiger partial charge in [-0.05, 0) is 44.9 Å². The van der Waals surface area contributed by atoms with E-state index in [1.165, 1.54) is 161 Å². The third-order valence-electron chi connectivity index (χ3n) is 10.6. The lowest BCUT2D eigenvalue weighted by molar-refractivity contribution is -0.147. The number of ketones is 1. The number of Topliss-reactive ketones (excluding diaryl/α,β-unsaturated/α-hetero) is 1. The van der Waals surface area contributed by atoms with Crippen LogP contribution in [0.4, 0.5) is 0 Å². The lowest BCUT2D eigenvalue weighted by Crippen LogP contribution is -2.30. The van der Waals surface area contributed by atoms with Gasteiger partial charge in [0, 0.05) is 12.3 Å². The van der Waals surface area contributed by atoms with Gasteiger partial charge in [0.1, 0.15) is 5.78 Å². The van der Waals surface area contributed by atoms with Crippen molar-refractivity contribution >= 4 is 11.8 Å². The first-order valence-electron chi connectivity index (χ1n) is 22.0. The van der Waals surface area contributed by atoms with Crippen molar-refractivity contribution in [3.05, 3.63) is 12.2 Å². The van der Waals surface area contributed by atoms with Crippen molar-refractivity contribution in [3.63, 3.8) is 0 Å². The monoisotopic (exact) mass is 675 g/mol. The number of carboxylic acid groups (broad SMARTS) is 1. The second-order valence-corrected chi connectivity index (χ2v) is 15.3. The van der Waals surface area contributed by atoms with Gasteiger partial charge < -0.3 is 5.11 Å². The Morgan fingerprint density at radius 3 is 1.04 bits per heavy atom. The number of carboxylic acids is 1. The highest BCUT2D eigenvalue weighted by atomic mass is 16.4. The molecule has 2 unspecified atom stereocenters. The number of hydrogen-bond donors (Lipinski definition) is 1. The smallest absolute Gasteiger partial charge is 0.307 e. The minimum absolute atomic E-state index is 0.240. The van der Waals surface area contributed by atoms with E-state index >= 15 is 0 Å². The van der Waals surface area contributed by atoms with Gasteiger partial charge in [0.2, 0.25) is 0 Å². The summed E-state index contributed by atoms with van der Waals surface area (Å²) in [4.78, 5) is 26.0. The van der Waals surface area contributed by atoms with Gasteiger partial charge in [-0.15, -0.1) is 0 Å². The van der Waals surface area contributed by atoms with Gasteiger partial charge in [-0.3, -0.25) is 9.59 Å². The van der Waals surface area contributed by atoms with E-state index in [2.05, 4.69) is 32.9 Å². The molecule has 48 heavy (non-hydrogen) atoms. The molecule has 0 saturated carbocycles. The molecule has 0 rings (SSSR count). The van der Waals surface area contributed by atoms with Crippen LogP contribution in [0.5, 0.6) is 0 Å². The molecule has 2 atom stereocenters. The Hall–Kier alpha value is -1.12. The maximum Gasteiger partial charge on any atom is 0.307 e. The van der Waals surface area contributed by atoms with Gasteiger partial charge in [-0.25, -0.2) is 0 Å². The SMILES string of the molecule is CCCCCCCC/C=C\CCCCCCC(C(=O)O)C(CCCCCCCCCC)C(=O)CCCCCCCCCCCCCCC. The maximum atomic E-state index is 13.5. The summed E-state index contributed by atoms with van der Waals surface area (Å²) < 4.78 is 0. The van der Waals surface area contributed by atoms with Crippen LogP contribution in [0.3, 0.4) is 0 Å². The zero-order valence-electron chi connectivity index (χ0n) is 33.0. The van der Waals surface area contributed by atoms with Crippen molar-refractivity contribution in [2.75, 3.05) is 0 Å². The third kappa shape index (κ3) is 32.1.